The molecule has 1 aromatic carbocycles. The molecule has 2 rings (SSSR count). The zero-order valence-electron chi connectivity index (χ0n) is 15.5. The van der Waals surface area contributed by atoms with Crippen LogP contribution in [0.2, 0.25) is 0 Å². The first-order valence-corrected chi connectivity index (χ1v) is 8.73. The van der Waals surface area contributed by atoms with Gasteiger partial charge in [0.2, 0.25) is 0 Å². The summed E-state index contributed by atoms with van der Waals surface area (Å²) in [5, 5.41) is 19.8. The summed E-state index contributed by atoms with van der Waals surface area (Å²) in [7, 11) is 0. The van der Waals surface area contributed by atoms with Gasteiger partial charge in [-0.15, -0.1) is 0 Å². The smallest absolute Gasteiger partial charge is 0.343 e. The molecule has 0 aliphatic heterocycles. The first kappa shape index (κ1) is 19.8. The number of aliphatic hydroxyl groups excluding tert-OH is 1. The van der Waals surface area contributed by atoms with Crippen LogP contribution in [0.25, 0.3) is 11.0 Å². The molecular formula is C21H26O5. The lowest BCUT2D eigenvalue weighted by Gasteiger charge is -2.08. The molecule has 0 saturated heterocycles. The van der Waals surface area contributed by atoms with E-state index in [-0.39, 0.29) is 24.5 Å². The lowest BCUT2D eigenvalue weighted by molar-refractivity contribution is 0.201. The highest BCUT2D eigenvalue weighted by Gasteiger charge is 2.14. The minimum Gasteiger partial charge on any atom is -0.507 e. The van der Waals surface area contributed by atoms with Gasteiger partial charge in [-0.05, 0) is 51.8 Å². The maximum atomic E-state index is 12.2. The fourth-order valence-corrected chi connectivity index (χ4v) is 2.60. The van der Waals surface area contributed by atoms with Gasteiger partial charge in [0, 0.05) is 6.42 Å². The minimum atomic E-state index is -0.535. The summed E-state index contributed by atoms with van der Waals surface area (Å²) in [6.07, 6.45) is 6.29. The normalized spacial score (nSPS) is 11.6. The molecule has 5 nitrogen and oxygen atoms in total. The number of benzene rings is 1. The molecule has 5 heteroatoms. The monoisotopic (exact) mass is 358 g/mol. The van der Waals surface area contributed by atoms with Crippen LogP contribution >= 0.6 is 0 Å². The van der Waals surface area contributed by atoms with Crippen molar-refractivity contribution in [2.24, 2.45) is 0 Å². The van der Waals surface area contributed by atoms with Gasteiger partial charge in [-0.3, -0.25) is 0 Å². The molecule has 1 aromatic heterocycles. The number of hydrogen-bond donors (Lipinski definition) is 2. The summed E-state index contributed by atoms with van der Waals surface area (Å²) in [5.74, 6) is 0.411. The average molecular weight is 358 g/mol. The van der Waals surface area contributed by atoms with Crippen LogP contribution in [0, 0.1) is 0 Å². The van der Waals surface area contributed by atoms with E-state index in [0.29, 0.717) is 23.1 Å². The zero-order chi connectivity index (χ0) is 19.1. The molecule has 0 bridgehead atoms. The summed E-state index contributed by atoms with van der Waals surface area (Å²) in [5.41, 5.74) is 2.44. The van der Waals surface area contributed by atoms with Crippen LogP contribution < -0.4 is 10.4 Å². The fraction of sp³-hybridized carbons (Fsp3) is 0.381. The Morgan fingerprint density at radius 1 is 1.23 bits per heavy atom. The van der Waals surface area contributed by atoms with E-state index in [1.807, 2.05) is 13.0 Å². The number of aromatic hydroxyl groups is 1. The Kier molecular flexibility index (Phi) is 7.04. The summed E-state index contributed by atoms with van der Waals surface area (Å²) in [4.78, 5) is 12.2. The van der Waals surface area contributed by atoms with E-state index in [9.17, 15) is 9.90 Å². The molecule has 26 heavy (non-hydrogen) atoms. The van der Waals surface area contributed by atoms with Gasteiger partial charge in [0.15, 0.2) is 0 Å². The van der Waals surface area contributed by atoms with Crippen molar-refractivity contribution in [3.63, 3.8) is 0 Å². The molecule has 0 saturated carbocycles. The van der Waals surface area contributed by atoms with Crippen molar-refractivity contribution in [3.8, 4) is 11.5 Å². The highest BCUT2D eigenvalue weighted by Crippen LogP contribution is 2.30. The van der Waals surface area contributed by atoms with Crippen molar-refractivity contribution in [1.82, 2.24) is 0 Å². The molecule has 0 aliphatic rings. The summed E-state index contributed by atoms with van der Waals surface area (Å²) in [6, 6.07) is 4.82. The van der Waals surface area contributed by atoms with Crippen molar-refractivity contribution in [2.45, 2.75) is 40.0 Å². The van der Waals surface area contributed by atoms with E-state index in [4.69, 9.17) is 14.3 Å². The van der Waals surface area contributed by atoms with Gasteiger partial charge in [0.1, 0.15) is 23.7 Å². The Morgan fingerprint density at radius 2 is 2.00 bits per heavy atom. The highest BCUT2D eigenvalue weighted by atomic mass is 16.5. The summed E-state index contributed by atoms with van der Waals surface area (Å²) < 4.78 is 10.7. The van der Waals surface area contributed by atoms with Crippen LogP contribution in [0.5, 0.6) is 11.5 Å². The standard InChI is InChI=1S/C21H26O5/c1-14(2)5-4-6-15(3)7-9-17-20(23)18-13-16(25-12-11-22)8-10-19(18)26-21(17)24/h5,7-8,10,13,22-23H,4,6,9,11-12H2,1-3H3/b15-7+. The van der Waals surface area contributed by atoms with E-state index in [0.717, 1.165) is 18.4 Å². The topological polar surface area (TPSA) is 79.9 Å². The molecule has 0 unspecified atom stereocenters. The molecule has 0 spiro atoms. The zero-order valence-corrected chi connectivity index (χ0v) is 15.5. The van der Waals surface area contributed by atoms with Crippen LogP contribution in [0.1, 0.15) is 39.2 Å². The number of hydrogen-bond acceptors (Lipinski definition) is 5. The van der Waals surface area contributed by atoms with E-state index in [1.54, 1.807) is 18.2 Å². The number of aliphatic hydroxyl groups is 1. The van der Waals surface area contributed by atoms with Crippen molar-refractivity contribution in [2.75, 3.05) is 13.2 Å². The Balaban J connectivity index is 2.26. The third kappa shape index (κ3) is 5.23. The number of fused-ring (bicyclic) bond motifs is 1. The molecule has 140 valence electrons. The van der Waals surface area contributed by atoms with Crippen LogP contribution in [0.3, 0.4) is 0 Å². The van der Waals surface area contributed by atoms with E-state index < -0.39 is 5.63 Å². The SMILES string of the molecule is CC(C)=CCC/C(C)=C/Cc1c(O)c2cc(OCCO)ccc2oc1=O. The Bertz CT molecular complexity index is 870. The van der Waals surface area contributed by atoms with E-state index in [2.05, 4.69) is 19.9 Å². The summed E-state index contributed by atoms with van der Waals surface area (Å²) in [6.45, 7) is 6.20. The molecule has 0 radical (unpaired) electrons. The second kappa shape index (κ2) is 9.25. The average Bonchev–Trinajstić information content (AvgIpc) is 2.59. The second-order valence-corrected chi connectivity index (χ2v) is 6.52. The van der Waals surface area contributed by atoms with Crippen molar-refractivity contribution in [3.05, 3.63) is 57.5 Å². The van der Waals surface area contributed by atoms with Crippen LogP contribution in [0.15, 0.2) is 50.7 Å². The molecule has 0 atom stereocenters. The minimum absolute atomic E-state index is 0.0842. The molecule has 0 aliphatic carbocycles. The largest absolute Gasteiger partial charge is 0.507 e. The third-order valence-corrected chi connectivity index (χ3v) is 4.05. The second-order valence-electron chi connectivity index (χ2n) is 6.52. The first-order valence-electron chi connectivity index (χ1n) is 8.73. The Morgan fingerprint density at radius 3 is 2.69 bits per heavy atom. The fourth-order valence-electron chi connectivity index (χ4n) is 2.60. The molecular weight excluding hydrogens is 332 g/mol. The van der Waals surface area contributed by atoms with Gasteiger partial charge in [-0.1, -0.05) is 23.3 Å². The lowest BCUT2D eigenvalue weighted by atomic mass is 10.1. The highest BCUT2D eigenvalue weighted by molar-refractivity contribution is 5.85. The first-order chi connectivity index (χ1) is 12.4. The summed E-state index contributed by atoms with van der Waals surface area (Å²) >= 11 is 0. The van der Waals surface area contributed by atoms with Gasteiger partial charge >= 0.3 is 5.63 Å². The van der Waals surface area contributed by atoms with Crippen molar-refractivity contribution in [1.29, 1.82) is 0 Å². The predicted molar refractivity (Wildman–Crippen MR) is 103 cm³/mol. The molecule has 2 N–H and O–H groups in total. The van der Waals surface area contributed by atoms with Crippen LogP contribution in [0.4, 0.5) is 0 Å². The van der Waals surface area contributed by atoms with Crippen LogP contribution in [-0.2, 0) is 6.42 Å². The Labute approximate surface area is 153 Å². The number of allylic oxidation sites excluding steroid dienone is 4. The molecule has 2 aromatic rings. The number of rotatable bonds is 8. The van der Waals surface area contributed by atoms with Gasteiger partial charge in [0.05, 0.1) is 17.6 Å². The quantitative estimate of drug-likeness (QED) is 0.548. The maximum absolute atomic E-state index is 12.2. The van der Waals surface area contributed by atoms with Gasteiger partial charge in [-0.2, -0.15) is 0 Å². The van der Waals surface area contributed by atoms with E-state index in [1.165, 1.54) is 5.57 Å². The number of ether oxygens (including phenoxy) is 1. The lowest BCUT2D eigenvalue weighted by Crippen LogP contribution is -2.07. The van der Waals surface area contributed by atoms with Crippen molar-refractivity contribution >= 4 is 11.0 Å². The Hall–Kier alpha value is -2.53. The van der Waals surface area contributed by atoms with Gasteiger partial charge in [-0.25, -0.2) is 4.79 Å². The molecule has 0 amide bonds. The van der Waals surface area contributed by atoms with Crippen LogP contribution in [-0.4, -0.2) is 23.4 Å². The van der Waals surface area contributed by atoms with Gasteiger partial charge in [0.25, 0.3) is 0 Å². The molecule has 0 fully saturated rings. The van der Waals surface area contributed by atoms with E-state index >= 15 is 0 Å². The van der Waals surface area contributed by atoms with Gasteiger partial charge < -0.3 is 19.4 Å². The molecule has 1 heterocycles. The third-order valence-electron chi connectivity index (χ3n) is 4.05. The van der Waals surface area contributed by atoms with Crippen molar-refractivity contribution < 1.29 is 19.4 Å². The predicted octanol–water partition coefficient (Wildman–Crippen LogP) is 4.10. The maximum Gasteiger partial charge on any atom is 0.343 e.